The molecule has 1 aliphatic heterocycles. The standard InChI is InChI=1S/C28H22IN3O4S/c1-16-4-3-5-18(14-16)15-36-22-12-8-20(9-13-22)25(33)23-24(19-6-10-21(29)11-7-19)32(27(35)26(23)34)28-31-30-17(2)37-28/h3-14,24,33H,15H2,1-2H3/b25-23+. The Labute approximate surface area is 231 Å². The van der Waals surface area contributed by atoms with Gasteiger partial charge in [0.15, 0.2) is 0 Å². The van der Waals surface area contributed by atoms with Crippen LogP contribution in [0.25, 0.3) is 5.76 Å². The summed E-state index contributed by atoms with van der Waals surface area (Å²) >= 11 is 3.41. The number of rotatable bonds is 6. The maximum absolute atomic E-state index is 13.2. The van der Waals surface area contributed by atoms with E-state index in [2.05, 4.69) is 38.9 Å². The Hall–Kier alpha value is -3.57. The zero-order valence-corrected chi connectivity index (χ0v) is 23.0. The van der Waals surface area contributed by atoms with Crippen molar-refractivity contribution >= 4 is 56.5 Å². The van der Waals surface area contributed by atoms with Gasteiger partial charge < -0.3 is 9.84 Å². The van der Waals surface area contributed by atoms with Gasteiger partial charge in [-0.3, -0.25) is 14.5 Å². The van der Waals surface area contributed by atoms with Gasteiger partial charge in [-0.05, 0) is 84.0 Å². The van der Waals surface area contributed by atoms with Crippen LogP contribution in [0.1, 0.15) is 33.3 Å². The van der Waals surface area contributed by atoms with Crippen LogP contribution in [0.2, 0.25) is 0 Å². The average Bonchev–Trinajstić information content (AvgIpc) is 3.43. The minimum atomic E-state index is -0.832. The van der Waals surface area contributed by atoms with Crippen LogP contribution in [0.3, 0.4) is 0 Å². The number of aliphatic hydroxyl groups is 1. The highest BCUT2D eigenvalue weighted by molar-refractivity contribution is 14.1. The fraction of sp³-hybridized carbons (Fsp3) is 0.143. The maximum atomic E-state index is 13.2. The molecule has 0 radical (unpaired) electrons. The predicted octanol–water partition coefficient (Wildman–Crippen LogP) is 5.96. The number of aliphatic hydroxyl groups excluding tert-OH is 1. The van der Waals surface area contributed by atoms with Gasteiger partial charge in [0.1, 0.15) is 23.1 Å². The van der Waals surface area contributed by atoms with E-state index in [1.807, 2.05) is 49.4 Å². The molecule has 1 atom stereocenters. The van der Waals surface area contributed by atoms with Crippen LogP contribution in [0.4, 0.5) is 5.13 Å². The summed E-state index contributed by atoms with van der Waals surface area (Å²) in [5, 5.41) is 20.4. The normalized spacial score (nSPS) is 16.8. The van der Waals surface area contributed by atoms with E-state index < -0.39 is 17.7 Å². The molecule has 1 aromatic heterocycles. The minimum absolute atomic E-state index is 0.00694. The molecule has 0 aliphatic carbocycles. The lowest BCUT2D eigenvalue weighted by atomic mass is 9.95. The molecule has 186 valence electrons. The zero-order chi connectivity index (χ0) is 26.1. The summed E-state index contributed by atoms with van der Waals surface area (Å²) in [7, 11) is 0. The van der Waals surface area contributed by atoms with Crippen molar-refractivity contribution in [3.63, 3.8) is 0 Å². The third-order valence-corrected chi connectivity index (χ3v) is 7.52. The smallest absolute Gasteiger partial charge is 0.301 e. The van der Waals surface area contributed by atoms with Crippen LogP contribution in [0, 0.1) is 17.4 Å². The Morgan fingerprint density at radius 2 is 1.76 bits per heavy atom. The summed E-state index contributed by atoms with van der Waals surface area (Å²) in [6.45, 7) is 4.22. The molecule has 3 aromatic carbocycles. The molecule has 1 N–H and O–H groups in total. The van der Waals surface area contributed by atoms with Crippen LogP contribution < -0.4 is 9.64 Å². The van der Waals surface area contributed by atoms with Gasteiger partial charge in [-0.2, -0.15) is 0 Å². The molecule has 7 nitrogen and oxygen atoms in total. The van der Waals surface area contributed by atoms with Gasteiger partial charge >= 0.3 is 5.91 Å². The molecular weight excluding hydrogens is 601 g/mol. The summed E-state index contributed by atoms with van der Waals surface area (Å²) in [4.78, 5) is 27.7. The van der Waals surface area contributed by atoms with Gasteiger partial charge in [0.2, 0.25) is 5.13 Å². The highest BCUT2D eigenvalue weighted by atomic mass is 127. The molecule has 1 aliphatic rings. The molecule has 1 saturated heterocycles. The quantitative estimate of drug-likeness (QED) is 0.123. The second kappa shape index (κ2) is 10.4. The molecule has 4 aromatic rings. The van der Waals surface area contributed by atoms with E-state index >= 15 is 0 Å². The number of Topliss-reactive ketones (excluding diaryl/α,β-unsaturated/α-hetero) is 1. The first-order valence-electron chi connectivity index (χ1n) is 11.5. The number of anilines is 1. The van der Waals surface area contributed by atoms with Crippen LogP contribution in [-0.4, -0.2) is 27.0 Å². The molecule has 1 amide bonds. The molecule has 0 spiro atoms. The molecule has 9 heteroatoms. The number of amides is 1. The highest BCUT2D eigenvalue weighted by Gasteiger charge is 2.48. The minimum Gasteiger partial charge on any atom is -0.507 e. The number of carbonyl (C=O) groups excluding carboxylic acids is 2. The van der Waals surface area contributed by atoms with Crippen LogP contribution >= 0.6 is 33.9 Å². The van der Waals surface area contributed by atoms with Crippen molar-refractivity contribution in [3.05, 3.63) is 109 Å². The van der Waals surface area contributed by atoms with Gasteiger partial charge in [0.05, 0.1) is 11.6 Å². The number of ether oxygens (including phenoxy) is 1. The molecule has 37 heavy (non-hydrogen) atoms. The van der Waals surface area contributed by atoms with Crippen LogP contribution in [-0.2, 0) is 16.2 Å². The molecule has 1 unspecified atom stereocenters. The molecule has 0 saturated carbocycles. The second-order valence-corrected chi connectivity index (χ2v) is 11.0. The van der Waals surface area contributed by atoms with Crippen molar-refractivity contribution in [1.29, 1.82) is 0 Å². The Morgan fingerprint density at radius 1 is 1.03 bits per heavy atom. The molecule has 1 fully saturated rings. The third kappa shape index (κ3) is 5.14. The molecule has 5 rings (SSSR count). The van der Waals surface area contributed by atoms with E-state index in [0.29, 0.717) is 33.6 Å². The lowest BCUT2D eigenvalue weighted by molar-refractivity contribution is -0.132. The first kappa shape index (κ1) is 25.1. The SMILES string of the molecule is Cc1cccc(COc2ccc(/C(O)=C3\C(=O)C(=O)N(c4nnc(C)s4)C3c3ccc(I)cc3)cc2)c1. The van der Waals surface area contributed by atoms with Crippen molar-refractivity contribution in [1.82, 2.24) is 10.2 Å². The maximum Gasteiger partial charge on any atom is 0.301 e. The Balaban J connectivity index is 1.50. The number of hydrogen-bond acceptors (Lipinski definition) is 7. The Morgan fingerprint density at radius 3 is 2.41 bits per heavy atom. The topological polar surface area (TPSA) is 92.6 Å². The van der Waals surface area contributed by atoms with E-state index in [9.17, 15) is 14.7 Å². The number of hydrogen-bond donors (Lipinski definition) is 1. The fourth-order valence-electron chi connectivity index (χ4n) is 4.21. The number of ketones is 1. The first-order chi connectivity index (χ1) is 17.8. The number of halogens is 1. The van der Waals surface area contributed by atoms with Gasteiger partial charge in [0.25, 0.3) is 5.78 Å². The average molecular weight is 623 g/mol. The van der Waals surface area contributed by atoms with E-state index in [0.717, 1.165) is 14.7 Å². The number of nitrogens with zero attached hydrogens (tertiary/aromatic N) is 3. The van der Waals surface area contributed by atoms with E-state index in [4.69, 9.17) is 4.74 Å². The number of aromatic nitrogens is 2. The summed E-state index contributed by atoms with van der Waals surface area (Å²) in [5.41, 5.74) is 3.31. The van der Waals surface area contributed by atoms with E-state index in [1.54, 1.807) is 31.2 Å². The molecule has 0 bridgehead atoms. The number of carbonyl (C=O) groups is 2. The van der Waals surface area contributed by atoms with Gasteiger partial charge in [-0.1, -0.05) is 53.3 Å². The first-order valence-corrected chi connectivity index (χ1v) is 13.4. The second-order valence-electron chi connectivity index (χ2n) is 8.63. The van der Waals surface area contributed by atoms with Crippen LogP contribution in [0.15, 0.2) is 78.4 Å². The third-order valence-electron chi connectivity index (χ3n) is 5.97. The highest BCUT2D eigenvalue weighted by Crippen LogP contribution is 2.43. The van der Waals surface area contributed by atoms with Gasteiger partial charge in [-0.25, -0.2) is 0 Å². The summed E-state index contributed by atoms with van der Waals surface area (Å²) in [6.07, 6.45) is 0. The number of benzene rings is 3. The van der Waals surface area contributed by atoms with Gasteiger partial charge in [0, 0.05) is 9.13 Å². The predicted molar refractivity (Wildman–Crippen MR) is 151 cm³/mol. The Bertz CT molecular complexity index is 1510. The van der Waals surface area contributed by atoms with E-state index in [-0.39, 0.29) is 11.3 Å². The van der Waals surface area contributed by atoms with Crippen molar-refractivity contribution in [2.45, 2.75) is 26.5 Å². The lowest BCUT2D eigenvalue weighted by Gasteiger charge is -2.22. The molecule has 2 heterocycles. The summed E-state index contributed by atoms with van der Waals surface area (Å²) in [5.74, 6) is -1.15. The summed E-state index contributed by atoms with van der Waals surface area (Å²) in [6, 6.07) is 21.5. The van der Waals surface area contributed by atoms with Crippen molar-refractivity contribution in [3.8, 4) is 5.75 Å². The lowest BCUT2D eigenvalue weighted by Crippen LogP contribution is -2.29. The zero-order valence-electron chi connectivity index (χ0n) is 20.0. The van der Waals surface area contributed by atoms with Crippen molar-refractivity contribution in [2.24, 2.45) is 0 Å². The van der Waals surface area contributed by atoms with Gasteiger partial charge in [-0.15, -0.1) is 10.2 Å². The monoisotopic (exact) mass is 623 g/mol. The van der Waals surface area contributed by atoms with Crippen molar-refractivity contribution in [2.75, 3.05) is 4.90 Å². The number of aryl methyl sites for hydroxylation is 2. The Kier molecular flexibility index (Phi) is 7.07. The molecular formula is C28H22IN3O4S. The van der Waals surface area contributed by atoms with Crippen LogP contribution in [0.5, 0.6) is 5.75 Å². The largest absolute Gasteiger partial charge is 0.507 e. The van der Waals surface area contributed by atoms with E-state index in [1.165, 1.54) is 16.2 Å². The summed E-state index contributed by atoms with van der Waals surface area (Å²) < 4.78 is 6.89. The fourth-order valence-corrected chi connectivity index (χ4v) is 5.28. The van der Waals surface area contributed by atoms with Crippen molar-refractivity contribution < 1.29 is 19.4 Å².